The summed E-state index contributed by atoms with van der Waals surface area (Å²) >= 11 is 1.72. The van der Waals surface area contributed by atoms with E-state index in [4.69, 9.17) is 0 Å². The molecule has 1 atom stereocenters. The molecule has 0 bridgehead atoms. The van der Waals surface area contributed by atoms with Gasteiger partial charge < -0.3 is 10.2 Å². The van der Waals surface area contributed by atoms with E-state index in [0.29, 0.717) is 25.8 Å². The number of thiophene rings is 1. The number of benzene rings is 1. The summed E-state index contributed by atoms with van der Waals surface area (Å²) in [6, 6.07) is 12.5. The van der Waals surface area contributed by atoms with Gasteiger partial charge in [0.25, 0.3) is 0 Å². The lowest BCUT2D eigenvalue weighted by Gasteiger charge is -2.32. The number of fused-ring (bicyclic) bond motifs is 1. The summed E-state index contributed by atoms with van der Waals surface area (Å²) in [7, 11) is 0. The monoisotopic (exact) mass is 368 g/mol. The molecule has 4 rings (SSSR count). The Morgan fingerprint density at radius 3 is 2.73 bits per heavy atom. The molecular weight excluding hydrogens is 344 g/mol. The first kappa shape index (κ1) is 17.3. The first-order chi connectivity index (χ1) is 12.6. The van der Waals surface area contributed by atoms with Gasteiger partial charge in [-0.05, 0) is 41.8 Å². The molecule has 3 heterocycles. The van der Waals surface area contributed by atoms with Crippen molar-refractivity contribution in [3.05, 3.63) is 57.8 Å². The first-order valence-corrected chi connectivity index (χ1v) is 10.2. The van der Waals surface area contributed by atoms with Gasteiger partial charge in [-0.15, -0.1) is 11.3 Å². The number of hydrogen-bond acceptors (Lipinski definition) is 3. The van der Waals surface area contributed by atoms with Crippen LogP contribution in [0.4, 0.5) is 0 Å². The fourth-order valence-electron chi connectivity index (χ4n) is 4.14. The molecule has 2 aliphatic rings. The maximum atomic E-state index is 12.8. The number of rotatable bonds is 5. The van der Waals surface area contributed by atoms with Gasteiger partial charge in [-0.3, -0.25) is 9.59 Å². The Kier molecular flexibility index (Phi) is 4.81. The summed E-state index contributed by atoms with van der Waals surface area (Å²) in [5.74, 6) is 0.312. The van der Waals surface area contributed by atoms with Crippen molar-refractivity contribution in [1.29, 1.82) is 0 Å². The van der Waals surface area contributed by atoms with E-state index in [0.717, 1.165) is 25.8 Å². The molecule has 1 N–H and O–H groups in total. The van der Waals surface area contributed by atoms with Crippen LogP contribution < -0.4 is 5.32 Å². The summed E-state index contributed by atoms with van der Waals surface area (Å²) < 4.78 is 0. The highest BCUT2D eigenvalue weighted by molar-refractivity contribution is 7.09. The predicted octanol–water partition coefficient (Wildman–Crippen LogP) is 3.30. The molecule has 1 saturated heterocycles. The van der Waals surface area contributed by atoms with Crippen LogP contribution >= 0.6 is 11.3 Å². The molecule has 1 aromatic heterocycles. The highest BCUT2D eigenvalue weighted by Crippen LogP contribution is 2.31. The van der Waals surface area contributed by atoms with Crippen molar-refractivity contribution < 1.29 is 9.59 Å². The van der Waals surface area contributed by atoms with Gasteiger partial charge in [-0.2, -0.15) is 0 Å². The first-order valence-electron chi connectivity index (χ1n) is 9.32. The molecule has 0 spiro atoms. The third-order valence-corrected chi connectivity index (χ3v) is 6.51. The third-order valence-electron chi connectivity index (χ3n) is 5.63. The summed E-state index contributed by atoms with van der Waals surface area (Å²) in [5.41, 5.74) is 2.36. The summed E-state index contributed by atoms with van der Waals surface area (Å²) in [6.07, 6.45) is 4.35. The standard InChI is InChI=1S/C21H24N2O2S/c24-19-7-10-21(22-19,14-18-6-3-13-26-18)11-8-20(25)23-12-9-16-4-1-2-5-17(16)15-23/h1-6,13H,7-12,14-15H2,(H,22,24)/t21-/m0/s1. The van der Waals surface area contributed by atoms with Crippen molar-refractivity contribution in [3.8, 4) is 0 Å². The van der Waals surface area contributed by atoms with Gasteiger partial charge >= 0.3 is 0 Å². The minimum Gasteiger partial charge on any atom is -0.350 e. The number of nitrogens with zero attached hydrogens (tertiary/aromatic N) is 1. The van der Waals surface area contributed by atoms with E-state index in [1.807, 2.05) is 17.0 Å². The average Bonchev–Trinajstić information content (AvgIpc) is 3.29. The van der Waals surface area contributed by atoms with Crippen LogP contribution in [0.1, 0.15) is 41.7 Å². The van der Waals surface area contributed by atoms with E-state index in [9.17, 15) is 9.59 Å². The van der Waals surface area contributed by atoms with E-state index >= 15 is 0 Å². The van der Waals surface area contributed by atoms with E-state index < -0.39 is 0 Å². The second kappa shape index (κ2) is 7.23. The smallest absolute Gasteiger partial charge is 0.222 e. The van der Waals surface area contributed by atoms with Gasteiger partial charge in [-0.25, -0.2) is 0 Å². The average molecular weight is 369 g/mol. The van der Waals surface area contributed by atoms with E-state index in [1.54, 1.807) is 11.3 Å². The molecule has 2 amide bonds. The largest absolute Gasteiger partial charge is 0.350 e. The lowest BCUT2D eigenvalue weighted by Crippen LogP contribution is -2.45. The van der Waals surface area contributed by atoms with Gasteiger partial charge in [0, 0.05) is 42.8 Å². The van der Waals surface area contributed by atoms with Crippen LogP contribution in [0.2, 0.25) is 0 Å². The Hall–Kier alpha value is -2.14. The molecule has 4 nitrogen and oxygen atoms in total. The normalized spacial score (nSPS) is 22.2. The van der Waals surface area contributed by atoms with Crippen molar-refractivity contribution in [3.63, 3.8) is 0 Å². The van der Waals surface area contributed by atoms with Crippen LogP contribution in [0.5, 0.6) is 0 Å². The molecular formula is C21H24N2O2S. The fourth-order valence-corrected chi connectivity index (χ4v) is 4.99. The SMILES string of the molecule is O=C1CC[C@](CCC(=O)N2CCc3ccccc3C2)(Cc2cccs2)N1. The zero-order valence-corrected chi connectivity index (χ0v) is 15.7. The molecule has 0 unspecified atom stereocenters. The summed E-state index contributed by atoms with van der Waals surface area (Å²) in [4.78, 5) is 27.9. The highest BCUT2D eigenvalue weighted by Gasteiger charge is 2.38. The number of hydrogen-bond donors (Lipinski definition) is 1. The third kappa shape index (κ3) is 3.68. The lowest BCUT2D eigenvalue weighted by atomic mass is 9.87. The van der Waals surface area contributed by atoms with Crippen LogP contribution in [-0.4, -0.2) is 28.8 Å². The predicted molar refractivity (Wildman–Crippen MR) is 103 cm³/mol. The van der Waals surface area contributed by atoms with Crippen molar-refractivity contribution in [1.82, 2.24) is 10.2 Å². The lowest BCUT2D eigenvalue weighted by molar-refractivity contribution is -0.132. The quantitative estimate of drug-likeness (QED) is 0.880. The molecule has 2 aromatic rings. The van der Waals surface area contributed by atoms with Gasteiger partial charge in [0.15, 0.2) is 0 Å². The van der Waals surface area contributed by atoms with Gasteiger partial charge in [0.05, 0.1) is 0 Å². The highest BCUT2D eigenvalue weighted by atomic mass is 32.1. The molecule has 1 fully saturated rings. The van der Waals surface area contributed by atoms with Gasteiger partial charge in [0.1, 0.15) is 0 Å². The van der Waals surface area contributed by atoms with Crippen LogP contribution in [0, 0.1) is 0 Å². The minimum absolute atomic E-state index is 0.112. The van der Waals surface area contributed by atoms with E-state index in [-0.39, 0.29) is 17.4 Å². The molecule has 1 aromatic carbocycles. The molecule has 5 heteroatoms. The number of nitrogens with one attached hydrogen (secondary N) is 1. The number of amides is 2. The molecule has 2 aliphatic heterocycles. The van der Waals surface area contributed by atoms with Crippen molar-refractivity contribution in [2.45, 2.75) is 50.6 Å². The second-order valence-electron chi connectivity index (χ2n) is 7.42. The van der Waals surface area contributed by atoms with Crippen molar-refractivity contribution in [2.75, 3.05) is 6.54 Å². The Morgan fingerprint density at radius 2 is 2.00 bits per heavy atom. The Balaban J connectivity index is 1.40. The van der Waals surface area contributed by atoms with Crippen molar-refractivity contribution in [2.24, 2.45) is 0 Å². The van der Waals surface area contributed by atoms with Gasteiger partial charge in [0.2, 0.25) is 11.8 Å². The molecule has 136 valence electrons. The maximum Gasteiger partial charge on any atom is 0.222 e. The fraction of sp³-hybridized carbons (Fsp3) is 0.429. The minimum atomic E-state index is -0.259. The topological polar surface area (TPSA) is 49.4 Å². The summed E-state index contributed by atoms with van der Waals surface area (Å²) in [6.45, 7) is 1.50. The molecule has 0 radical (unpaired) electrons. The Bertz CT molecular complexity index is 802. The Labute approximate surface area is 158 Å². The number of carbonyl (C=O) groups excluding carboxylic acids is 2. The van der Waals surface area contributed by atoms with E-state index in [2.05, 4.69) is 35.0 Å². The molecule has 26 heavy (non-hydrogen) atoms. The van der Waals surface area contributed by atoms with Crippen LogP contribution in [0.3, 0.4) is 0 Å². The maximum absolute atomic E-state index is 12.8. The van der Waals surface area contributed by atoms with E-state index in [1.165, 1.54) is 16.0 Å². The van der Waals surface area contributed by atoms with Crippen molar-refractivity contribution >= 4 is 23.2 Å². The molecule has 0 aliphatic carbocycles. The molecule has 0 saturated carbocycles. The van der Waals surface area contributed by atoms with Gasteiger partial charge in [-0.1, -0.05) is 30.3 Å². The zero-order valence-electron chi connectivity index (χ0n) is 14.9. The Morgan fingerprint density at radius 1 is 1.15 bits per heavy atom. The summed E-state index contributed by atoms with van der Waals surface area (Å²) in [5, 5.41) is 5.24. The van der Waals surface area contributed by atoms with Crippen LogP contribution in [-0.2, 0) is 29.0 Å². The number of carbonyl (C=O) groups is 2. The van der Waals surface area contributed by atoms with Crippen LogP contribution in [0.15, 0.2) is 41.8 Å². The van der Waals surface area contributed by atoms with Crippen LogP contribution in [0.25, 0.3) is 0 Å². The second-order valence-corrected chi connectivity index (χ2v) is 8.45. The zero-order chi connectivity index (χ0) is 18.0.